The van der Waals surface area contributed by atoms with E-state index in [0.717, 1.165) is 5.56 Å². The molecule has 0 bridgehead atoms. The van der Waals surface area contributed by atoms with Crippen LogP contribution in [0, 0.1) is 0 Å². The van der Waals surface area contributed by atoms with Gasteiger partial charge in [0.1, 0.15) is 23.9 Å². The first-order valence-electron chi connectivity index (χ1n) is 7.34. The zero-order valence-corrected chi connectivity index (χ0v) is 15.1. The molecule has 0 amide bonds. The van der Waals surface area contributed by atoms with Crippen LogP contribution in [-0.2, 0) is 6.61 Å². The van der Waals surface area contributed by atoms with Gasteiger partial charge in [0, 0.05) is 5.02 Å². The van der Waals surface area contributed by atoms with Crippen LogP contribution in [0.15, 0.2) is 60.7 Å². The molecule has 0 unspecified atom stereocenters. The summed E-state index contributed by atoms with van der Waals surface area (Å²) in [5.74, 6) is 1.77. The fraction of sp³-hybridized carbons (Fsp3) is 0.0526. The maximum atomic E-state index is 9.27. The van der Waals surface area contributed by atoms with E-state index in [1.54, 1.807) is 60.7 Å². The van der Waals surface area contributed by atoms with Crippen LogP contribution in [0.25, 0.3) is 0 Å². The average molecular weight is 396 g/mol. The summed E-state index contributed by atoms with van der Waals surface area (Å²) >= 11 is 18.4. The van der Waals surface area contributed by atoms with Crippen molar-refractivity contribution in [2.24, 2.45) is 0 Å². The second-order valence-electron chi connectivity index (χ2n) is 5.23. The summed E-state index contributed by atoms with van der Waals surface area (Å²) in [5, 5.41) is 10.6. The zero-order chi connectivity index (χ0) is 17.8. The Morgan fingerprint density at radius 3 is 1.92 bits per heavy atom. The van der Waals surface area contributed by atoms with Crippen molar-refractivity contribution in [2.45, 2.75) is 6.61 Å². The van der Waals surface area contributed by atoms with Gasteiger partial charge in [0.2, 0.25) is 0 Å². The first-order chi connectivity index (χ1) is 12.0. The molecular formula is C19H13Cl3O3. The molecule has 0 spiro atoms. The fourth-order valence-corrected chi connectivity index (χ4v) is 2.86. The minimum absolute atomic E-state index is 0.183. The predicted octanol–water partition coefficient (Wildman–Crippen LogP) is 6.72. The van der Waals surface area contributed by atoms with Gasteiger partial charge in [0.25, 0.3) is 0 Å². The molecule has 3 aromatic rings. The number of rotatable bonds is 5. The van der Waals surface area contributed by atoms with Crippen LogP contribution in [-0.4, -0.2) is 5.11 Å². The third-order valence-electron chi connectivity index (χ3n) is 3.33. The van der Waals surface area contributed by atoms with Gasteiger partial charge < -0.3 is 14.6 Å². The summed E-state index contributed by atoms with van der Waals surface area (Å²) < 4.78 is 11.4. The molecule has 3 aromatic carbocycles. The number of benzene rings is 3. The lowest BCUT2D eigenvalue weighted by Crippen LogP contribution is -1.96. The summed E-state index contributed by atoms with van der Waals surface area (Å²) in [6.07, 6.45) is 0. The first-order valence-corrected chi connectivity index (χ1v) is 8.48. The molecule has 0 atom stereocenters. The molecule has 0 heterocycles. The standard InChI is InChI=1S/C19H13Cl3O3/c20-13-1-5-16(6-2-13)25-19-17(21)9-12(10-18(19)22)11-24-15-7-3-14(23)4-8-15/h1-10,23H,11H2. The Bertz CT molecular complexity index is 839. The molecule has 0 aliphatic carbocycles. The molecule has 128 valence electrons. The number of halogens is 3. The van der Waals surface area contributed by atoms with Crippen molar-refractivity contribution in [1.29, 1.82) is 0 Å². The Morgan fingerprint density at radius 1 is 0.760 bits per heavy atom. The SMILES string of the molecule is Oc1ccc(OCc2cc(Cl)c(Oc3ccc(Cl)cc3)c(Cl)c2)cc1. The fourth-order valence-electron chi connectivity index (χ4n) is 2.12. The molecule has 0 aromatic heterocycles. The Morgan fingerprint density at radius 2 is 1.32 bits per heavy atom. The van der Waals surface area contributed by atoms with Gasteiger partial charge in [-0.1, -0.05) is 34.8 Å². The molecule has 0 fully saturated rings. The number of hydrogen-bond acceptors (Lipinski definition) is 3. The van der Waals surface area contributed by atoms with Crippen LogP contribution >= 0.6 is 34.8 Å². The van der Waals surface area contributed by atoms with E-state index in [2.05, 4.69) is 0 Å². The molecule has 0 saturated heterocycles. The van der Waals surface area contributed by atoms with Crippen LogP contribution in [0.2, 0.25) is 15.1 Å². The number of hydrogen-bond donors (Lipinski definition) is 1. The second-order valence-corrected chi connectivity index (χ2v) is 6.48. The highest BCUT2D eigenvalue weighted by molar-refractivity contribution is 6.37. The van der Waals surface area contributed by atoms with Gasteiger partial charge in [-0.3, -0.25) is 0 Å². The lowest BCUT2D eigenvalue weighted by atomic mass is 10.2. The minimum atomic E-state index is 0.183. The van der Waals surface area contributed by atoms with Crippen molar-refractivity contribution in [3.8, 4) is 23.0 Å². The molecule has 3 nitrogen and oxygen atoms in total. The third-order valence-corrected chi connectivity index (χ3v) is 4.15. The van der Waals surface area contributed by atoms with Crippen LogP contribution in [0.5, 0.6) is 23.0 Å². The monoisotopic (exact) mass is 394 g/mol. The van der Waals surface area contributed by atoms with Crippen LogP contribution in [0.3, 0.4) is 0 Å². The molecule has 0 aliphatic rings. The third kappa shape index (κ3) is 4.73. The lowest BCUT2D eigenvalue weighted by Gasteiger charge is -2.12. The second kappa shape index (κ2) is 7.87. The van der Waals surface area contributed by atoms with E-state index >= 15 is 0 Å². The topological polar surface area (TPSA) is 38.7 Å². The van der Waals surface area contributed by atoms with E-state index in [9.17, 15) is 5.11 Å². The largest absolute Gasteiger partial charge is 0.508 e. The molecule has 1 N–H and O–H groups in total. The van der Waals surface area contributed by atoms with Crippen molar-refractivity contribution in [1.82, 2.24) is 0 Å². The average Bonchev–Trinajstić information content (AvgIpc) is 2.59. The van der Waals surface area contributed by atoms with Crippen molar-refractivity contribution in [3.63, 3.8) is 0 Å². The van der Waals surface area contributed by atoms with E-state index in [1.807, 2.05) is 0 Å². The number of aromatic hydroxyl groups is 1. The Balaban J connectivity index is 1.73. The summed E-state index contributed by atoms with van der Waals surface area (Å²) in [4.78, 5) is 0. The van der Waals surface area contributed by atoms with Crippen molar-refractivity contribution >= 4 is 34.8 Å². The summed E-state index contributed by atoms with van der Waals surface area (Å²) in [5.41, 5.74) is 0.798. The molecule has 0 aliphatic heterocycles. The summed E-state index contributed by atoms with van der Waals surface area (Å²) in [6.45, 7) is 0.283. The van der Waals surface area contributed by atoms with Gasteiger partial charge in [-0.15, -0.1) is 0 Å². The highest BCUT2D eigenvalue weighted by Crippen LogP contribution is 2.37. The summed E-state index contributed by atoms with van der Waals surface area (Å²) in [7, 11) is 0. The van der Waals surface area contributed by atoms with Gasteiger partial charge in [-0.25, -0.2) is 0 Å². The highest BCUT2D eigenvalue weighted by atomic mass is 35.5. The zero-order valence-electron chi connectivity index (χ0n) is 12.9. The van der Waals surface area contributed by atoms with Crippen LogP contribution in [0.4, 0.5) is 0 Å². The van der Waals surface area contributed by atoms with Crippen LogP contribution in [0.1, 0.15) is 5.56 Å². The normalized spacial score (nSPS) is 10.5. The van der Waals surface area contributed by atoms with E-state index in [0.29, 0.717) is 32.3 Å². The van der Waals surface area contributed by atoms with E-state index in [-0.39, 0.29) is 12.4 Å². The predicted molar refractivity (Wildman–Crippen MR) is 100 cm³/mol. The van der Waals surface area contributed by atoms with E-state index in [1.165, 1.54) is 0 Å². The highest BCUT2D eigenvalue weighted by Gasteiger charge is 2.11. The Labute approximate surface area is 160 Å². The molecule has 25 heavy (non-hydrogen) atoms. The number of phenols is 1. The van der Waals surface area contributed by atoms with Crippen molar-refractivity contribution in [3.05, 3.63) is 81.3 Å². The Kier molecular flexibility index (Phi) is 5.59. The first kappa shape index (κ1) is 17.7. The smallest absolute Gasteiger partial charge is 0.164 e. The summed E-state index contributed by atoms with van der Waals surface area (Å²) in [6, 6.07) is 16.8. The van der Waals surface area contributed by atoms with E-state index < -0.39 is 0 Å². The van der Waals surface area contributed by atoms with Gasteiger partial charge >= 0.3 is 0 Å². The van der Waals surface area contributed by atoms with Crippen molar-refractivity contribution in [2.75, 3.05) is 0 Å². The molecular weight excluding hydrogens is 383 g/mol. The van der Waals surface area contributed by atoms with Crippen molar-refractivity contribution < 1.29 is 14.6 Å². The van der Waals surface area contributed by atoms with E-state index in [4.69, 9.17) is 44.3 Å². The van der Waals surface area contributed by atoms with Gasteiger partial charge in [-0.05, 0) is 66.2 Å². The molecule has 0 radical (unpaired) electrons. The quantitative estimate of drug-likeness (QED) is 0.521. The number of ether oxygens (including phenoxy) is 2. The Hall–Kier alpha value is -2.07. The molecule has 3 rings (SSSR count). The van der Waals surface area contributed by atoms with Gasteiger partial charge in [0.15, 0.2) is 5.75 Å². The number of phenolic OH excluding ortho intramolecular Hbond substituents is 1. The van der Waals surface area contributed by atoms with Crippen LogP contribution < -0.4 is 9.47 Å². The lowest BCUT2D eigenvalue weighted by molar-refractivity contribution is 0.305. The minimum Gasteiger partial charge on any atom is -0.508 e. The van der Waals surface area contributed by atoms with Gasteiger partial charge in [-0.2, -0.15) is 0 Å². The maximum absolute atomic E-state index is 9.27. The maximum Gasteiger partial charge on any atom is 0.164 e. The van der Waals surface area contributed by atoms with Gasteiger partial charge in [0.05, 0.1) is 10.0 Å². The molecule has 0 saturated carbocycles. The molecule has 6 heteroatoms.